The van der Waals surface area contributed by atoms with Crippen LogP contribution in [0.2, 0.25) is 5.02 Å². The van der Waals surface area contributed by atoms with Crippen molar-refractivity contribution in [1.29, 1.82) is 0 Å². The minimum absolute atomic E-state index is 0.0224. The summed E-state index contributed by atoms with van der Waals surface area (Å²) in [7, 11) is 3.13. The number of likely N-dealkylation sites (N-methyl/N-ethyl adjacent to an activating group) is 1. The Labute approximate surface area is 191 Å². The highest BCUT2D eigenvalue weighted by Crippen LogP contribution is 2.30. The van der Waals surface area contributed by atoms with Gasteiger partial charge < -0.3 is 19.7 Å². The van der Waals surface area contributed by atoms with Gasteiger partial charge in [0.1, 0.15) is 6.04 Å². The molecule has 1 heterocycles. The minimum Gasteiger partial charge on any atom is -0.493 e. The number of rotatable bonds is 8. The molecule has 1 saturated heterocycles. The van der Waals surface area contributed by atoms with Gasteiger partial charge >= 0.3 is 0 Å². The number of nitrogens with zero attached hydrogens (tertiary/aromatic N) is 2. The Bertz CT molecular complexity index is 983. The number of hydrogen-bond donors (Lipinski definition) is 1. The molecule has 0 radical (unpaired) electrons. The highest BCUT2D eigenvalue weighted by Gasteiger charge is 2.42. The van der Waals surface area contributed by atoms with Crippen LogP contribution in [0.25, 0.3) is 0 Å². The summed E-state index contributed by atoms with van der Waals surface area (Å²) in [6.45, 7) is 2.66. The molecule has 1 aliphatic heterocycles. The molecular formula is C22H24ClN3O4S. The summed E-state index contributed by atoms with van der Waals surface area (Å²) >= 11 is 11.4. The highest BCUT2D eigenvalue weighted by atomic mass is 35.5. The van der Waals surface area contributed by atoms with Crippen molar-refractivity contribution in [3.8, 4) is 11.5 Å². The van der Waals surface area contributed by atoms with E-state index >= 15 is 0 Å². The summed E-state index contributed by atoms with van der Waals surface area (Å²) in [5, 5.41) is 3.79. The Morgan fingerprint density at radius 1 is 1.13 bits per heavy atom. The highest BCUT2D eigenvalue weighted by molar-refractivity contribution is 7.80. The molecule has 0 spiro atoms. The molecule has 2 amide bonds. The van der Waals surface area contributed by atoms with Gasteiger partial charge in [-0.2, -0.15) is 0 Å². The van der Waals surface area contributed by atoms with E-state index < -0.39 is 6.04 Å². The molecule has 1 aliphatic rings. The van der Waals surface area contributed by atoms with Crippen LogP contribution >= 0.6 is 23.8 Å². The topological polar surface area (TPSA) is 71.1 Å². The van der Waals surface area contributed by atoms with Gasteiger partial charge in [-0.25, -0.2) is 0 Å². The van der Waals surface area contributed by atoms with Crippen molar-refractivity contribution in [3.05, 3.63) is 53.1 Å². The molecule has 0 bridgehead atoms. The lowest BCUT2D eigenvalue weighted by Gasteiger charge is -2.24. The van der Waals surface area contributed by atoms with E-state index in [1.54, 1.807) is 49.5 Å². The minimum atomic E-state index is -0.687. The predicted molar refractivity (Wildman–Crippen MR) is 124 cm³/mol. The third kappa shape index (κ3) is 5.08. The van der Waals surface area contributed by atoms with Crippen molar-refractivity contribution < 1.29 is 19.1 Å². The molecule has 1 unspecified atom stereocenters. The first-order valence-electron chi connectivity index (χ1n) is 9.76. The van der Waals surface area contributed by atoms with E-state index in [1.165, 1.54) is 4.90 Å². The van der Waals surface area contributed by atoms with Crippen LogP contribution in [0.3, 0.4) is 0 Å². The Hall–Kier alpha value is -2.84. The molecule has 7 nitrogen and oxygen atoms in total. The number of ether oxygens (including phenoxy) is 2. The average molecular weight is 462 g/mol. The van der Waals surface area contributed by atoms with E-state index in [0.717, 1.165) is 5.56 Å². The van der Waals surface area contributed by atoms with Gasteiger partial charge in [-0.05, 0) is 61.1 Å². The summed E-state index contributed by atoms with van der Waals surface area (Å²) in [4.78, 5) is 28.9. The van der Waals surface area contributed by atoms with Gasteiger partial charge in [0.25, 0.3) is 5.91 Å². The lowest BCUT2D eigenvalue weighted by molar-refractivity contribution is -0.130. The van der Waals surface area contributed by atoms with Crippen molar-refractivity contribution in [1.82, 2.24) is 9.80 Å². The lowest BCUT2D eigenvalue weighted by Crippen LogP contribution is -2.37. The number of methoxy groups -OCH3 is 2. The fourth-order valence-corrected chi connectivity index (χ4v) is 4.00. The second-order valence-electron chi connectivity index (χ2n) is 6.96. The number of benzene rings is 2. The van der Waals surface area contributed by atoms with Gasteiger partial charge in [-0.15, -0.1) is 0 Å². The quantitative estimate of drug-likeness (QED) is 0.604. The van der Waals surface area contributed by atoms with Gasteiger partial charge in [-0.3, -0.25) is 14.5 Å². The van der Waals surface area contributed by atoms with Gasteiger partial charge in [0.2, 0.25) is 5.91 Å². The fourth-order valence-electron chi connectivity index (χ4n) is 3.46. The Balaban J connectivity index is 1.79. The third-order valence-corrected chi connectivity index (χ3v) is 5.73. The Kier molecular flexibility index (Phi) is 7.35. The van der Waals surface area contributed by atoms with E-state index in [9.17, 15) is 9.59 Å². The number of anilines is 1. The maximum Gasteiger partial charge on any atom is 0.252 e. The molecule has 3 rings (SSSR count). The van der Waals surface area contributed by atoms with E-state index in [4.69, 9.17) is 33.3 Å². The van der Waals surface area contributed by atoms with Crippen molar-refractivity contribution in [2.45, 2.75) is 25.9 Å². The first-order valence-corrected chi connectivity index (χ1v) is 10.5. The normalized spacial score (nSPS) is 15.9. The van der Waals surface area contributed by atoms with Crippen molar-refractivity contribution in [3.63, 3.8) is 0 Å². The monoisotopic (exact) mass is 461 g/mol. The van der Waals surface area contributed by atoms with Crippen LogP contribution in [0.5, 0.6) is 11.5 Å². The predicted octanol–water partition coefficient (Wildman–Crippen LogP) is 3.70. The van der Waals surface area contributed by atoms with Gasteiger partial charge in [0.15, 0.2) is 16.6 Å². The SMILES string of the molecule is CCN1C(=O)C(CC(=O)Nc2ccc(Cl)cc2)N(Cc2ccc(OC)c(OC)c2)C1=S. The zero-order chi connectivity index (χ0) is 22.5. The molecule has 1 fully saturated rings. The molecule has 164 valence electrons. The van der Waals surface area contributed by atoms with Crippen LogP contribution in [0, 0.1) is 0 Å². The van der Waals surface area contributed by atoms with E-state index in [2.05, 4.69) is 5.32 Å². The average Bonchev–Trinajstić information content (AvgIpc) is 2.98. The molecular weight excluding hydrogens is 438 g/mol. The molecule has 0 aliphatic carbocycles. The second-order valence-corrected chi connectivity index (χ2v) is 7.76. The summed E-state index contributed by atoms with van der Waals surface area (Å²) in [6, 6.07) is 11.6. The number of carbonyl (C=O) groups is 2. The standard InChI is InChI=1S/C22H24ClN3O4S/c1-4-25-21(28)17(12-20(27)24-16-8-6-15(23)7-9-16)26(22(25)31)13-14-5-10-18(29-2)19(11-14)30-3/h5-11,17H,4,12-13H2,1-3H3,(H,24,27). The lowest BCUT2D eigenvalue weighted by atomic mass is 10.1. The van der Waals surface area contributed by atoms with E-state index in [1.807, 2.05) is 19.1 Å². The molecule has 31 heavy (non-hydrogen) atoms. The van der Waals surface area contributed by atoms with E-state index in [0.29, 0.717) is 40.4 Å². The zero-order valence-corrected chi connectivity index (χ0v) is 19.1. The molecule has 2 aromatic carbocycles. The fraction of sp³-hybridized carbons (Fsp3) is 0.318. The number of carbonyl (C=O) groups excluding carboxylic acids is 2. The van der Waals surface area contributed by atoms with Crippen LogP contribution in [-0.4, -0.2) is 53.5 Å². The molecule has 0 aromatic heterocycles. The summed E-state index contributed by atoms with van der Waals surface area (Å²) in [6.07, 6.45) is -0.0224. The van der Waals surface area contributed by atoms with Crippen LogP contribution in [0.15, 0.2) is 42.5 Å². The Morgan fingerprint density at radius 3 is 2.42 bits per heavy atom. The number of nitrogens with one attached hydrogen (secondary N) is 1. The van der Waals surface area contributed by atoms with Crippen LogP contribution in [0.1, 0.15) is 18.9 Å². The summed E-state index contributed by atoms with van der Waals surface area (Å²) in [5.74, 6) is 0.735. The van der Waals surface area contributed by atoms with Gasteiger partial charge in [-0.1, -0.05) is 17.7 Å². The third-order valence-electron chi connectivity index (χ3n) is 5.03. The van der Waals surface area contributed by atoms with Crippen molar-refractivity contribution in [2.75, 3.05) is 26.1 Å². The summed E-state index contributed by atoms with van der Waals surface area (Å²) in [5.41, 5.74) is 1.50. The summed E-state index contributed by atoms with van der Waals surface area (Å²) < 4.78 is 10.7. The first-order chi connectivity index (χ1) is 14.9. The van der Waals surface area contributed by atoms with Gasteiger partial charge in [0, 0.05) is 23.8 Å². The number of amides is 2. The van der Waals surface area contributed by atoms with Crippen LogP contribution in [-0.2, 0) is 16.1 Å². The van der Waals surface area contributed by atoms with Crippen molar-refractivity contribution >= 4 is 46.4 Å². The Morgan fingerprint density at radius 2 is 1.81 bits per heavy atom. The molecule has 9 heteroatoms. The second kappa shape index (κ2) is 9.98. The number of halogens is 1. The molecule has 0 saturated carbocycles. The maximum absolute atomic E-state index is 13.0. The smallest absolute Gasteiger partial charge is 0.252 e. The maximum atomic E-state index is 13.0. The van der Waals surface area contributed by atoms with E-state index in [-0.39, 0.29) is 18.2 Å². The van der Waals surface area contributed by atoms with Crippen LogP contribution < -0.4 is 14.8 Å². The molecule has 2 aromatic rings. The number of thiocarbonyl (C=S) groups is 1. The van der Waals surface area contributed by atoms with Crippen molar-refractivity contribution in [2.24, 2.45) is 0 Å². The number of hydrogen-bond acceptors (Lipinski definition) is 5. The molecule has 1 atom stereocenters. The zero-order valence-electron chi connectivity index (χ0n) is 17.6. The van der Waals surface area contributed by atoms with Gasteiger partial charge in [0.05, 0.1) is 20.6 Å². The first kappa shape index (κ1) is 22.8. The van der Waals surface area contributed by atoms with Crippen LogP contribution in [0.4, 0.5) is 5.69 Å². The molecule has 1 N–H and O–H groups in total. The largest absolute Gasteiger partial charge is 0.493 e.